The fourth-order valence-corrected chi connectivity index (χ4v) is 2.67. The highest BCUT2D eigenvalue weighted by molar-refractivity contribution is 5.78. The Morgan fingerprint density at radius 2 is 1.95 bits per heavy atom. The first-order valence-corrected chi connectivity index (χ1v) is 7.65. The molecule has 0 aromatic heterocycles. The van der Waals surface area contributed by atoms with Crippen molar-refractivity contribution in [3.05, 3.63) is 0 Å². The second-order valence-corrected chi connectivity index (χ2v) is 5.48. The normalized spacial score (nSPS) is 18.4. The smallest absolute Gasteiger partial charge is 0.360 e. The van der Waals surface area contributed by atoms with E-state index in [1.165, 1.54) is 6.08 Å². The molecule has 0 aromatic rings. The zero-order valence-corrected chi connectivity index (χ0v) is 12.3. The van der Waals surface area contributed by atoms with E-state index in [-0.39, 0.29) is 12.5 Å². The van der Waals surface area contributed by atoms with Gasteiger partial charge in [-0.25, -0.2) is 9.59 Å². The molecule has 114 valence electrons. The monoisotopic (exact) mass is 283 g/mol. The van der Waals surface area contributed by atoms with Gasteiger partial charge in [-0.15, -0.1) is 0 Å². The van der Waals surface area contributed by atoms with Crippen LogP contribution in [0.3, 0.4) is 0 Å². The molecule has 0 heterocycles. The summed E-state index contributed by atoms with van der Waals surface area (Å²) in [7, 11) is 0. The van der Waals surface area contributed by atoms with E-state index < -0.39 is 11.7 Å². The molecular formula is C15H25NO4. The van der Waals surface area contributed by atoms with Crippen molar-refractivity contribution in [1.82, 2.24) is 0 Å². The van der Waals surface area contributed by atoms with Crippen molar-refractivity contribution in [3.63, 3.8) is 0 Å². The van der Waals surface area contributed by atoms with Crippen LogP contribution < -0.4 is 0 Å². The van der Waals surface area contributed by atoms with Crippen LogP contribution in [0.5, 0.6) is 0 Å². The minimum absolute atomic E-state index is 0.0983. The molecule has 1 unspecified atom stereocenters. The van der Waals surface area contributed by atoms with Crippen molar-refractivity contribution in [3.8, 4) is 0 Å². The fraction of sp³-hybridized carbons (Fsp3) is 0.867. The molecule has 1 atom stereocenters. The van der Waals surface area contributed by atoms with Crippen LogP contribution in [0.1, 0.15) is 71.1 Å². The molecule has 5 heteroatoms. The Hall–Kier alpha value is -1.19. The van der Waals surface area contributed by atoms with Gasteiger partial charge < -0.3 is 9.84 Å². The van der Waals surface area contributed by atoms with Gasteiger partial charge in [0.15, 0.2) is 0 Å². The number of rotatable bonds is 10. The van der Waals surface area contributed by atoms with Crippen LogP contribution in [0.15, 0.2) is 4.99 Å². The maximum Gasteiger partial charge on any atom is 0.360 e. The van der Waals surface area contributed by atoms with Crippen LogP contribution in [0.4, 0.5) is 0 Å². The highest BCUT2D eigenvalue weighted by Crippen LogP contribution is 2.30. The highest BCUT2D eigenvalue weighted by atomic mass is 16.5. The third-order valence-corrected chi connectivity index (χ3v) is 3.84. The summed E-state index contributed by atoms with van der Waals surface area (Å²) in [5.74, 6) is -1.18. The summed E-state index contributed by atoms with van der Waals surface area (Å²) >= 11 is 0. The first-order chi connectivity index (χ1) is 9.64. The Kier molecular flexibility index (Phi) is 7.48. The zero-order valence-electron chi connectivity index (χ0n) is 12.3. The van der Waals surface area contributed by atoms with Crippen LogP contribution in [0.2, 0.25) is 0 Å². The molecule has 0 saturated heterocycles. The largest absolute Gasteiger partial charge is 0.478 e. The van der Waals surface area contributed by atoms with E-state index in [4.69, 9.17) is 4.74 Å². The summed E-state index contributed by atoms with van der Waals surface area (Å²) in [6, 6.07) is 0. The van der Waals surface area contributed by atoms with Gasteiger partial charge in [-0.1, -0.05) is 45.4 Å². The predicted octanol–water partition coefficient (Wildman–Crippen LogP) is 3.42. The van der Waals surface area contributed by atoms with E-state index in [0.717, 1.165) is 51.4 Å². The Morgan fingerprint density at radius 3 is 2.50 bits per heavy atom. The quantitative estimate of drug-likeness (QED) is 0.378. The summed E-state index contributed by atoms with van der Waals surface area (Å²) in [6.45, 7) is 2.13. The molecule has 5 nitrogen and oxygen atoms in total. The average molecular weight is 283 g/mol. The summed E-state index contributed by atoms with van der Waals surface area (Å²) in [4.78, 5) is 25.6. The van der Waals surface area contributed by atoms with Crippen molar-refractivity contribution >= 4 is 12.0 Å². The van der Waals surface area contributed by atoms with Crippen molar-refractivity contribution < 1.29 is 19.4 Å². The Labute approximate surface area is 120 Å². The molecule has 1 aliphatic carbocycles. The van der Waals surface area contributed by atoms with Gasteiger partial charge in [0.25, 0.3) is 5.72 Å². The third-order valence-electron chi connectivity index (χ3n) is 3.84. The molecule has 1 N–H and O–H groups in total. The minimum Gasteiger partial charge on any atom is -0.478 e. The van der Waals surface area contributed by atoms with Crippen LogP contribution in [-0.2, 0) is 14.3 Å². The molecule has 0 aromatic carbocycles. The minimum atomic E-state index is -1.72. The van der Waals surface area contributed by atoms with Gasteiger partial charge in [-0.2, -0.15) is 4.99 Å². The van der Waals surface area contributed by atoms with Crippen LogP contribution >= 0.6 is 0 Å². The van der Waals surface area contributed by atoms with Crippen LogP contribution in [0, 0.1) is 0 Å². The second-order valence-electron chi connectivity index (χ2n) is 5.48. The summed E-state index contributed by atoms with van der Waals surface area (Å²) in [6.07, 6.45) is 10.3. The SMILES string of the molecule is CCCCCCCC(N=C=O)(OC1CCCC1)C(=O)O. The topological polar surface area (TPSA) is 76.0 Å². The Balaban J connectivity index is 2.61. The number of carbonyl (C=O) groups excluding carboxylic acids is 1. The van der Waals surface area contributed by atoms with E-state index in [9.17, 15) is 14.7 Å². The fourth-order valence-electron chi connectivity index (χ4n) is 2.67. The van der Waals surface area contributed by atoms with Crippen molar-refractivity contribution in [2.45, 2.75) is 83.0 Å². The second kappa shape index (κ2) is 8.88. The maximum absolute atomic E-state index is 11.5. The van der Waals surface area contributed by atoms with E-state index in [1.807, 2.05) is 0 Å². The number of hydrogen-bond acceptors (Lipinski definition) is 4. The molecule has 0 spiro atoms. The lowest BCUT2D eigenvalue weighted by molar-refractivity contribution is -0.174. The molecule has 1 rings (SSSR count). The lowest BCUT2D eigenvalue weighted by atomic mass is 10.0. The Bertz CT molecular complexity index is 342. The number of nitrogens with zero attached hydrogens (tertiary/aromatic N) is 1. The lowest BCUT2D eigenvalue weighted by Gasteiger charge is -2.27. The van der Waals surface area contributed by atoms with Gasteiger partial charge in [-0.05, 0) is 19.3 Å². The summed E-state index contributed by atoms with van der Waals surface area (Å²) in [5, 5.41) is 9.42. The van der Waals surface area contributed by atoms with Gasteiger partial charge in [0.05, 0.1) is 6.10 Å². The Morgan fingerprint density at radius 1 is 1.30 bits per heavy atom. The highest BCUT2D eigenvalue weighted by Gasteiger charge is 2.42. The average Bonchev–Trinajstić information content (AvgIpc) is 2.91. The van der Waals surface area contributed by atoms with E-state index in [2.05, 4.69) is 11.9 Å². The summed E-state index contributed by atoms with van der Waals surface area (Å²) in [5.41, 5.74) is -1.72. The molecule has 1 saturated carbocycles. The van der Waals surface area contributed by atoms with E-state index in [1.54, 1.807) is 0 Å². The molecule has 0 radical (unpaired) electrons. The number of aliphatic carboxylic acids is 1. The van der Waals surface area contributed by atoms with E-state index in [0.29, 0.717) is 6.42 Å². The zero-order chi connectivity index (χ0) is 14.8. The number of isocyanates is 1. The first kappa shape index (κ1) is 16.9. The molecule has 1 fully saturated rings. The maximum atomic E-state index is 11.5. The molecule has 1 aliphatic rings. The molecule has 0 amide bonds. The van der Waals surface area contributed by atoms with Gasteiger partial charge in [0.1, 0.15) is 0 Å². The summed E-state index contributed by atoms with van der Waals surface area (Å²) < 4.78 is 5.68. The van der Waals surface area contributed by atoms with Gasteiger partial charge in [0.2, 0.25) is 6.08 Å². The van der Waals surface area contributed by atoms with Crippen molar-refractivity contribution in [2.24, 2.45) is 4.99 Å². The number of unbranched alkanes of at least 4 members (excludes halogenated alkanes) is 4. The third kappa shape index (κ3) is 5.06. The van der Waals surface area contributed by atoms with E-state index >= 15 is 0 Å². The molecule has 20 heavy (non-hydrogen) atoms. The van der Waals surface area contributed by atoms with Crippen LogP contribution in [-0.4, -0.2) is 29.0 Å². The van der Waals surface area contributed by atoms with Gasteiger partial charge in [-0.3, -0.25) is 0 Å². The number of carboxylic acids is 1. The standard InChI is InChI=1S/C15H25NO4/c1-2-3-4-5-8-11-15(14(18)19,16-12-17)20-13-9-6-7-10-13/h13H,2-11H2,1H3,(H,18,19). The molecule has 0 aliphatic heterocycles. The number of hydrogen-bond donors (Lipinski definition) is 1. The molecular weight excluding hydrogens is 258 g/mol. The number of ether oxygens (including phenoxy) is 1. The van der Waals surface area contributed by atoms with Crippen LogP contribution in [0.25, 0.3) is 0 Å². The first-order valence-electron chi connectivity index (χ1n) is 7.65. The molecule has 0 bridgehead atoms. The van der Waals surface area contributed by atoms with Crippen molar-refractivity contribution in [2.75, 3.05) is 0 Å². The van der Waals surface area contributed by atoms with Gasteiger partial charge in [0, 0.05) is 6.42 Å². The number of carboxylic acid groups (broad SMARTS) is 1. The number of carbonyl (C=O) groups is 1. The van der Waals surface area contributed by atoms with Crippen molar-refractivity contribution in [1.29, 1.82) is 0 Å². The van der Waals surface area contributed by atoms with Gasteiger partial charge >= 0.3 is 5.97 Å². The number of aliphatic imine (C=N–C) groups is 1. The predicted molar refractivity (Wildman–Crippen MR) is 75.2 cm³/mol. The lowest BCUT2D eigenvalue weighted by Crippen LogP contribution is -2.42.